The molecule has 0 bridgehead atoms. The Morgan fingerprint density at radius 3 is 2.69 bits per heavy atom. The first kappa shape index (κ1) is 18.9. The highest BCUT2D eigenvalue weighted by atomic mass is 16.5. The second-order valence-electron chi connectivity index (χ2n) is 5.49. The average molecular weight is 352 g/mol. The lowest BCUT2D eigenvalue weighted by molar-refractivity contribution is -0.112. The summed E-state index contributed by atoms with van der Waals surface area (Å²) in [4.78, 5) is 12.5. The minimum Gasteiger partial charge on any atom is -0.504 e. The van der Waals surface area contributed by atoms with Gasteiger partial charge in [-0.2, -0.15) is 5.26 Å². The Bertz CT molecular complexity index is 882. The maximum atomic E-state index is 12.5. The number of hydrogen-bond acceptors (Lipinski definition) is 5. The Hall–Kier alpha value is -3.46. The number of amides is 1. The van der Waals surface area contributed by atoms with E-state index < -0.39 is 5.91 Å². The molecule has 0 heterocycles. The van der Waals surface area contributed by atoms with E-state index in [4.69, 9.17) is 9.47 Å². The molecule has 0 radical (unpaired) electrons. The smallest absolute Gasteiger partial charge is 0.266 e. The summed E-state index contributed by atoms with van der Waals surface area (Å²) in [5.74, 6) is 0.239. The van der Waals surface area contributed by atoms with Crippen LogP contribution in [0.1, 0.15) is 18.1 Å². The molecule has 0 fully saturated rings. The maximum absolute atomic E-state index is 12.5. The van der Waals surface area contributed by atoms with E-state index in [9.17, 15) is 15.2 Å². The molecule has 2 aromatic carbocycles. The fourth-order valence-electron chi connectivity index (χ4n) is 2.32. The molecule has 0 atom stereocenters. The summed E-state index contributed by atoms with van der Waals surface area (Å²) in [6.45, 7) is 4.08. The third kappa shape index (κ3) is 4.54. The number of benzene rings is 2. The lowest BCUT2D eigenvalue weighted by Gasteiger charge is -2.11. The summed E-state index contributed by atoms with van der Waals surface area (Å²) < 4.78 is 10.5. The van der Waals surface area contributed by atoms with Crippen LogP contribution in [0.5, 0.6) is 17.2 Å². The van der Waals surface area contributed by atoms with Crippen LogP contribution >= 0.6 is 0 Å². The summed E-state index contributed by atoms with van der Waals surface area (Å²) in [6, 6.07) is 11.9. The third-order valence-corrected chi connectivity index (χ3v) is 3.56. The summed E-state index contributed by atoms with van der Waals surface area (Å²) in [5.41, 5.74) is 1.92. The number of hydrogen-bond donors (Lipinski definition) is 2. The van der Waals surface area contributed by atoms with Crippen molar-refractivity contribution in [2.24, 2.45) is 0 Å². The minimum absolute atomic E-state index is 0.00328. The van der Waals surface area contributed by atoms with E-state index in [1.54, 1.807) is 31.2 Å². The lowest BCUT2D eigenvalue weighted by Crippen LogP contribution is -2.14. The molecule has 0 unspecified atom stereocenters. The highest BCUT2D eigenvalue weighted by Crippen LogP contribution is 2.28. The first-order valence-corrected chi connectivity index (χ1v) is 8.02. The van der Waals surface area contributed by atoms with Crippen LogP contribution in [0.15, 0.2) is 42.0 Å². The summed E-state index contributed by atoms with van der Waals surface area (Å²) in [6.07, 6.45) is 1.43. The Labute approximate surface area is 152 Å². The second-order valence-corrected chi connectivity index (χ2v) is 5.49. The number of aromatic hydroxyl groups is 1. The Balaban J connectivity index is 2.29. The number of nitriles is 1. The number of phenolic OH excluding ortho intramolecular Hbond substituents is 1. The van der Waals surface area contributed by atoms with E-state index in [2.05, 4.69) is 5.32 Å². The highest BCUT2D eigenvalue weighted by molar-refractivity contribution is 6.10. The van der Waals surface area contributed by atoms with Crippen molar-refractivity contribution in [3.8, 4) is 23.3 Å². The molecule has 0 saturated carbocycles. The molecule has 26 heavy (non-hydrogen) atoms. The Morgan fingerprint density at radius 1 is 1.27 bits per heavy atom. The zero-order chi connectivity index (χ0) is 19.1. The van der Waals surface area contributed by atoms with Gasteiger partial charge in [0.25, 0.3) is 5.91 Å². The number of anilines is 1. The zero-order valence-electron chi connectivity index (χ0n) is 14.9. The first-order valence-electron chi connectivity index (χ1n) is 8.02. The van der Waals surface area contributed by atoms with Crippen LogP contribution in [0, 0.1) is 18.3 Å². The van der Waals surface area contributed by atoms with E-state index in [1.807, 2.05) is 19.1 Å². The molecular weight excluding hydrogens is 332 g/mol. The number of methoxy groups -OCH3 is 1. The van der Waals surface area contributed by atoms with E-state index in [-0.39, 0.29) is 11.3 Å². The number of nitrogens with one attached hydrogen (secondary N) is 1. The SMILES string of the molecule is CCOc1cc(/C=C(\C#N)C(=O)Nc2cc(C)ccc2OC)ccc1O. The van der Waals surface area contributed by atoms with Gasteiger partial charge in [0.2, 0.25) is 0 Å². The van der Waals surface area contributed by atoms with Gasteiger partial charge in [-0.15, -0.1) is 0 Å². The van der Waals surface area contributed by atoms with Crippen molar-refractivity contribution in [2.45, 2.75) is 13.8 Å². The molecule has 2 aromatic rings. The highest BCUT2D eigenvalue weighted by Gasteiger charge is 2.13. The van der Waals surface area contributed by atoms with Crippen molar-refractivity contribution in [3.63, 3.8) is 0 Å². The molecule has 0 aromatic heterocycles. The lowest BCUT2D eigenvalue weighted by atomic mass is 10.1. The molecule has 0 spiro atoms. The molecule has 6 nitrogen and oxygen atoms in total. The second kappa shape index (κ2) is 8.58. The Kier molecular flexibility index (Phi) is 6.23. The largest absolute Gasteiger partial charge is 0.504 e. The van der Waals surface area contributed by atoms with Gasteiger partial charge in [-0.05, 0) is 55.3 Å². The van der Waals surface area contributed by atoms with Crippen molar-refractivity contribution in [1.29, 1.82) is 5.26 Å². The van der Waals surface area contributed by atoms with Crippen LogP contribution in [0.25, 0.3) is 6.08 Å². The zero-order valence-corrected chi connectivity index (χ0v) is 14.9. The molecule has 0 saturated heterocycles. The van der Waals surface area contributed by atoms with Gasteiger partial charge in [-0.3, -0.25) is 4.79 Å². The molecule has 2 rings (SSSR count). The fraction of sp³-hybridized carbons (Fsp3) is 0.200. The van der Waals surface area contributed by atoms with Crippen LogP contribution in [0.4, 0.5) is 5.69 Å². The minimum atomic E-state index is -0.553. The van der Waals surface area contributed by atoms with Crippen molar-refractivity contribution in [2.75, 3.05) is 19.0 Å². The fourth-order valence-corrected chi connectivity index (χ4v) is 2.32. The van der Waals surface area contributed by atoms with Gasteiger partial charge in [-0.25, -0.2) is 0 Å². The summed E-state index contributed by atoms with van der Waals surface area (Å²) in [5, 5.41) is 21.8. The van der Waals surface area contributed by atoms with Crippen LogP contribution in [-0.2, 0) is 4.79 Å². The molecule has 0 aliphatic heterocycles. The predicted octanol–water partition coefficient (Wildman–Crippen LogP) is 3.65. The molecule has 134 valence electrons. The summed E-state index contributed by atoms with van der Waals surface area (Å²) >= 11 is 0. The van der Waals surface area contributed by atoms with E-state index in [0.29, 0.717) is 29.4 Å². The molecule has 2 N–H and O–H groups in total. The molecule has 0 aliphatic rings. The molecule has 6 heteroatoms. The van der Waals surface area contributed by atoms with Crippen molar-refractivity contribution in [1.82, 2.24) is 0 Å². The van der Waals surface area contributed by atoms with Crippen LogP contribution < -0.4 is 14.8 Å². The topological polar surface area (TPSA) is 91.6 Å². The number of phenols is 1. The quantitative estimate of drug-likeness (QED) is 0.611. The third-order valence-electron chi connectivity index (χ3n) is 3.56. The average Bonchev–Trinajstić information content (AvgIpc) is 2.62. The molecular formula is C20H20N2O4. The van der Waals surface area contributed by atoms with Crippen molar-refractivity contribution >= 4 is 17.7 Å². The number of carbonyl (C=O) groups excluding carboxylic acids is 1. The number of ether oxygens (including phenoxy) is 2. The summed E-state index contributed by atoms with van der Waals surface area (Å²) in [7, 11) is 1.51. The van der Waals surface area contributed by atoms with Gasteiger partial charge < -0.3 is 19.9 Å². The standard InChI is InChI=1S/C20H20N2O4/c1-4-26-19-11-14(6-7-17(19)23)10-15(12-21)20(24)22-16-9-13(2)5-8-18(16)25-3/h5-11,23H,4H2,1-3H3,(H,22,24)/b15-10+. The Morgan fingerprint density at radius 2 is 2.04 bits per heavy atom. The first-order chi connectivity index (χ1) is 12.5. The monoisotopic (exact) mass is 352 g/mol. The van der Waals surface area contributed by atoms with Crippen molar-refractivity contribution < 1.29 is 19.4 Å². The maximum Gasteiger partial charge on any atom is 0.266 e. The van der Waals surface area contributed by atoms with Gasteiger partial charge in [0.1, 0.15) is 17.4 Å². The molecule has 0 aliphatic carbocycles. The normalized spacial score (nSPS) is 10.8. The van der Waals surface area contributed by atoms with E-state index in [1.165, 1.54) is 19.3 Å². The molecule has 1 amide bonds. The van der Waals surface area contributed by atoms with Gasteiger partial charge in [0.05, 0.1) is 19.4 Å². The van der Waals surface area contributed by atoms with Gasteiger partial charge in [0.15, 0.2) is 11.5 Å². The number of nitrogens with zero attached hydrogens (tertiary/aromatic N) is 1. The van der Waals surface area contributed by atoms with E-state index >= 15 is 0 Å². The number of aryl methyl sites for hydroxylation is 1. The van der Waals surface area contributed by atoms with Gasteiger partial charge in [0, 0.05) is 0 Å². The number of rotatable bonds is 6. The van der Waals surface area contributed by atoms with Gasteiger partial charge >= 0.3 is 0 Å². The van der Waals surface area contributed by atoms with Crippen molar-refractivity contribution in [3.05, 3.63) is 53.1 Å². The van der Waals surface area contributed by atoms with Gasteiger partial charge in [-0.1, -0.05) is 12.1 Å². The van der Waals surface area contributed by atoms with Crippen LogP contribution in [0.3, 0.4) is 0 Å². The van der Waals surface area contributed by atoms with E-state index in [0.717, 1.165) is 5.56 Å². The van der Waals surface area contributed by atoms with Crippen LogP contribution in [0.2, 0.25) is 0 Å². The number of carbonyl (C=O) groups is 1. The predicted molar refractivity (Wildman–Crippen MR) is 99.2 cm³/mol. The van der Waals surface area contributed by atoms with Crippen LogP contribution in [-0.4, -0.2) is 24.7 Å².